The number of nitrogens with one attached hydrogen (secondary N) is 3. The molecule has 42 heavy (non-hydrogen) atoms. The van der Waals surface area contributed by atoms with Gasteiger partial charge in [0, 0.05) is 42.1 Å². The molecule has 0 radical (unpaired) electrons. The molecular weight excluding hydrogens is 522 g/mol. The molecule has 0 aliphatic heterocycles. The summed E-state index contributed by atoms with van der Waals surface area (Å²) in [4.78, 5) is 36.4. The van der Waals surface area contributed by atoms with Crippen molar-refractivity contribution in [3.63, 3.8) is 0 Å². The van der Waals surface area contributed by atoms with Crippen LogP contribution in [0.4, 0.5) is 0 Å². The van der Waals surface area contributed by atoms with E-state index in [-0.39, 0.29) is 17.9 Å². The lowest BCUT2D eigenvalue weighted by Crippen LogP contribution is -2.59. The molecule has 5 aromatic rings. The fourth-order valence-electron chi connectivity index (χ4n) is 6.31. The average Bonchev–Trinajstić information content (AvgIpc) is 3.71. The van der Waals surface area contributed by atoms with E-state index in [1.807, 2.05) is 103 Å². The van der Waals surface area contributed by atoms with Crippen molar-refractivity contribution >= 4 is 22.7 Å². The van der Waals surface area contributed by atoms with Gasteiger partial charge in [-0.15, -0.1) is 0 Å². The molecular formula is C35H37N5O2. The molecule has 7 nitrogen and oxygen atoms in total. The Kier molecular flexibility index (Phi) is 7.91. The van der Waals surface area contributed by atoms with Crippen molar-refractivity contribution in [3.05, 3.63) is 120 Å². The van der Waals surface area contributed by atoms with Crippen LogP contribution in [0.3, 0.4) is 0 Å². The van der Waals surface area contributed by atoms with Gasteiger partial charge in [0.05, 0.1) is 23.0 Å². The largest absolute Gasteiger partial charge is 0.361 e. The van der Waals surface area contributed by atoms with Gasteiger partial charge in [-0.25, -0.2) is 0 Å². The monoisotopic (exact) mass is 559 g/mol. The normalized spacial score (nSPS) is 16.0. The molecule has 0 saturated heterocycles. The molecule has 1 aliphatic carbocycles. The zero-order valence-corrected chi connectivity index (χ0v) is 23.9. The molecule has 3 aromatic heterocycles. The second-order valence-corrected chi connectivity index (χ2v) is 11.5. The van der Waals surface area contributed by atoms with Crippen LogP contribution < -0.4 is 10.6 Å². The number of fused-ring (bicyclic) bond motifs is 1. The third-order valence-corrected chi connectivity index (χ3v) is 8.56. The molecule has 0 spiro atoms. The van der Waals surface area contributed by atoms with E-state index in [9.17, 15) is 9.59 Å². The number of carbonyl (C=O) groups excluding carboxylic acids is 2. The van der Waals surface area contributed by atoms with Gasteiger partial charge in [0.2, 0.25) is 5.91 Å². The Hall–Kier alpha value is -4.65. The maximum absolute atomic E-state index is 14.5. The predicted molar refractivity (Wildman–Crippen MR) is 165 cm³/mol. The summed E-state index contributed by atoms with van der Waals surface area (Å²) in [5.74, 6) is -0.232. The lowest BCUT2D eigenvalue weighted by atomic mass is 9.81. The number of nitrogens with zero attached hydrogens (tertiary/aromatic N) is 2. The first-order valence-corrected chi connectivity index (χ1v) is 14.8. The van der Waals surface area contributed by atoms with Crippen molar-refractivity contribution in [2.24, 2.45) is 5.92 Å². The van der Waals surface area contributed by atoms with E-state index >= 15 is 0 Å². The smallest absolute Gasteiger partial charge is 0.254 e. The van der Waals surface area contributed by atoms with Crippen molar-refractivity contribution < 1.29 is 9.59 Å². The van der Waals surface area contributed by atoms with Gasteiger partial charge >= 0.3 is 0 Å². The molecule has 2 atom stereocenters. The SMILES string of the molecule is C[C@@](Cc1c[nH]c2ccccc12)(NC(=O)c1ccccc1-n1cccc1)C(=O)NC(c1ccccn1)C1CCCCC1. The third-order valence-electron chi connectivity index (χ3n) is 8.56. The highest BCUT2D eigenvalue weighted by atomic mass is 16.2. The quantitative estimate of drug-likeness (QED) is 0.192. The van der Waals surface area contributed by atoms with Gasteiger partial charge in [0.1, 0.15) is 5.54 Å². The van der Waals surface area contributed by atoms with Crippen LogP contribution in [-0.4, -0.2) is 31.9 Å². The van der Waals surface area contributed by atoms with E-state index < -0.39 is 5.54 Å². The van der Waals surface area contributed by atoms with E-state index in [2.05, 4.69) is 20.6 Å². The van der Waals surface area contributed by atoms with Crippen LogP contribution in [0, 0.1) is 5.92 Å². The van der Waals surface area contributed by atoms with Gasteiger partial charge in [-0.05, 0) is 73.7 Å². The van der Waals surface area contributed by atoms with Crippen LogP contribution >= 0.6 is 0 Å². The molecule has 2 aromatic carbocycles. The maximum atomic E-state index is 14.5. The minimum atomic E-state index is -1.24. The number of amides is 2. The topological polar surface area (TPSA) is 91.8 Å². The number of rotatable bonds is 9. The van der Waals surface area contributed by atoms with Crippen LogP contribution in [0.1, 0.15) is 66.7 Å². The summed E-state index contributed by atoms with van der Waals surface area (Å²) < 4.78 is 1.91. The van der Waals surface area contributed by atoms with Crippen molar-refractivity contribution in [2.75, 3.05) is 0 Å². The zero-order chi connectivity index (χ0) is 28.9. The number of hydrogen-bond donors (Lipinski definition) is 3. The molecule has 0 bridgehead atoms. The molecule has 2 amide bonds. The Morgan fingerprint density at radius 3 is 2.48 bits per heavy atom. The fourth-order valence-corrected chi connectivity index (χ4v) is 6.31. The van der Waals surface area contributed by atoms with Gasteiger partial charge in [-0.3, -0.25) is 14.6 Å². The molecule has 3 N–H and O–H groups in total. The molecule has 7 heteroatoms. The Morgan fingerprint density at radius 2 is 1.69 bits per heavy atom. The first-order valence-electron chi connectivity index (χ1n) is 14.8. The predicted octanol–water partition coefficient (Wildman–Crippen LogP) is 6.52. The lowest BCUT2D eigenvalue weighted by molar-refractivity contribution is -0.128. The Balaban J connectivity index is 1.35. The van der Waals surface area contributed by atoms with Crippen LogP contribution in [0.2, 0.25) is 0 Å². The standard InChI is InChI=1S/C35H37N5O2/c1-35(23-26-24-37-29-17-7-5-15-27(26)29,39-33(41)28-16-6-8-19-31(28)40-21-11-12-22-40)34(42)38-32(25-13-3-2-4-14-25)30-18-9-10-20-36-30/h5-12,15-22,24-25,32,37H,2-4,13-14,23H2,1H3,(H,38,42)(H,39,41)/t32?,35-/m0/s1. The number of para-hydroxylation sites is 2. The van der Waals surface area contributed by atoms with Crippen LogP contribution in [0.25, 0.3) is 16.6 Å². The number of H-pyrrole nitrogens is 1. The maximum Gasteiger partial charge on any atom is 0.254 e. The van der Waals surface area contributed by atoms with Crippen LogP contribution in [0.15, 0.2) is 104 Å². The second-order valence-electron chi connectivity index (χ2n) is 11.5. The molecule has 1 fully saturated rings. The van der Waals surface area contributed by atoms with E-state index in [4.69, 9.17) is 0 Å². The minimum Gasteiger partial charge on any atom is -0.361 e. The molecule has 1 unspecified atom stereocenters. The van der Waals surface area contributed by atoms with Crippen molar-refractivity contribution in [3.8, 4) is 5.69 Å². The Bertz CT molecular complexity index is 1650. The molecule has 3 heterocycles. The summed E-state index contributed by atoms with van der Waals surface area (Å²) in [6.07, 6.45) is 13.4. The molecule has 1 aliphatic rings. The van der Waals surface area contributed by atoms with Crippen molar-refractivity contribution in [2.45, 2.75) is 57.0 Å². The van der Waals surface area contributed by atoms with Gasteiger partial charge < -0.3 is 20.2 Å². The second kappa shape index (κ2) is 12.1. The summed E-state index contributed by atoms with van der Waals surface area (Å²) >= 11 is 0. The first-order chi connectivity index (χ1) is 20.5. The highest BCUT2D eigenvalue weighted by Crippen LogP contribution is 2.34. The summed E-state index contributed by atoms with van der Waals surface area (Å²) in [6.45, 7) is 1.83. The Labute approximate surface area is 246 Å². The number of aromatic amines is 1. The molecule has 6 rings (SSSR count). The van der Waals surface area contributed by atoms with E-state index in [1.54, 1.807) is 12.3 Å². The zero-order valence-electron chi connectivity index (χ0n) is 23.9. The van der Waals surface area contributed by atoms with Crippen molar-refractivity contribution in [1.29, 1.82) is 0 Å². The van der Waals surface area contributed by atoms with Crippen LogP contribution in [0.5, 0.6) is 0 Å². The molecule has 214 valence electrons. The number of aromatic nitrogens is 3. The number of benzene rings is 2. The lowest BCUT2D eigenvalue weighted by Gasteiger charge is -2.35. The average molecular weight is 560 g/mol. The number of pyridine rings is 1. The highest BCUT2D eigenvalue weighted by Gasteiger charge is 2.39. The van der Waals surface area contributed by atoms with Gasteiger partial charge in [-0.1, -0.05) is 55.7 Å². The number of hydrogen-bond acceptors (Lipinski definition) is 3. The fraction of sp³-hybridized carbons (Fsp3) is 0.286. The van der Waals surface area contributed by atoms with E-state index in [0.29, 0.717) is 17.9 Å². The Morgan fingerprint density at radius 1 is 0.952 bits per heavy atom. The van der Waals surface area contributed by atoms with E-state index in [1.165, 1.54) is 6.42 Å². The van der Waals surface area contributed by atoms with Gasteiger partial charge in [-0.2, -0.15) is 0 Å². The highest BCUT2D eigenvalue weighted by molar-refractivity contribution is 6.02. The van der Waals surface area contributed by atoms with Gasteiger partial charge in [0.15, 0.2) is 0 Å². The van der Waals surface area contributed by atoms with E-state index in [0.717, 1.165) is 53.5 Å². The minimum absolute atomic E-state index is 0.221. The van der Waals surface area contributed by atoms with Gasteiger partial charge in [0.25, 0.3) is 5.91 Å². The first kappa shape index (κ1) is 27.5. The summed E-state index contributed by atoms with van der Waals surface area (Å²) in [5.41, 5.74) is 2.83. The summed E-state index contributed by atoms with van der Waals surface area (Å²) in [5, 5.41) is 7.58. The third kappa shape index (κ3) is 5.73. The molecule has 1 saturated carbocycles. The van der Waals surface area contributed by atoms with Crippen LogP contribution in [-0.2, 0) is 11.2 Å². The summed E-state index contributed by atoms with van der Waals surface area (Å²) in [6, 6.07) is 25.0. The number of carbonyl (C=O) groups is 2. The summed E-state index contributed by atoms with van der Waals surface area (Å²) in [7, 11) is 0. The van der Waals surface area contributed by atoms with Crippen molar-refractivity contribution in [1.82, 2.24) is 25.2 Å².